The molecule has 0 saturated heterocycles. The normalized spacial score (nSPS) is 14.5. The van der Waals surface area contributed by atoms with Crippen LogP contribution in [0, 0.1) is 13.8 Å². The predicted octanol–water partition coefficient (Wildman–Crippen LogP) is 2.13. The van der Waals surface area contributed by atoms with Crippen molar-refractivity contribution >= 4 is 17.6 Å². The zero-order valence-electron chi connectivity index (χ0n) is 11.0. The highest BCUT2D eigenvalue weighted by Gasteiger charge is 2.31. The van der Waals surface area contributed by atoms with E-state index >= 15 is 0 Å². The molecule has 3 N–H and O–H groups in total. The van der Waals surface area contributed by atoms with Crippen molar-refractivity contribution in [1.29, 1.82) is 0 Å². The first-order valence-corrected chi connectivity index (χ1v) is 6.41. The highest BCUT2D eigenvalue weighted by atomic mass is 35.5. The van der Waals surface area contributed by atoms with Crippen molar-refractivity contribution in [2.24, 2.45) is 5.73 Å². The van der Waals surface area contributed by atoms with Crippen molar-refractivity contribution in [1.82, 2.24) is 9.78 Å². The minimum Gasteiger partial charge on any atom is -0.480 e. The molecule has 6 heteroatoms. The molecule has 0 saturated carbocycles. The quantitative estimate of drug-likeness (QED) is 0.832. The fraction of sp³-hybridized carbons (Fsp3) is 0.667. The molecule has 0 aliphatic carbocycles. The molecule has 0 bridgehead atoms. The van der Waals surface area contributed by atoms with Gasteiger partial charge in [0.1, 0.15) is 5.54 Å². The number of carbonyl (C=O) groups is 1. The van der Waals surface area contributed by atoms with Crippen LogP contribution in [0.1, 0.15) is 37.6 Å². The Balaban J connectivity index is 2.61. The van der Waals surface area contributed by atoms with Crippen LogP contribution in [-0.4, -0.2) is 26.4 Å². The second kappa shape index (κ2) is 5.71. The third-order valence-electron chi connectivity index (χ3n) is 3.34. The SMILES string of the molecule is CCC(N)(CCCn1nc(C)c(Cl)c1C)C(=O)O. The van der Waals surface area contributed by atoms with Crippen LogP contribution in [-0.2, 0) is 11.3 Å². The highest BCUT2D eigenvalue weighted by Crippen LogP contribution is 2.20. The first-order chi connectivity index (χ1) is 8.31. The van der Waals surface area contributed by atoms with Crippen LogP contribution in [0.15, 0.2) is 0 Å². The number of hydrogen-bond donors (Lipinski definition) is 2. The number of rotatable bonds is 6. The zero-order chi connectivity index (χ0) is 13.9. The van der Waals surface area contributed by atoms with E-state index in [1.165, 1.54) is 0 Å². The molecule has 1 heterocycles. The van der Waals surface area contributed by atoms with Gasteiger partial charge >= 0.3 is 5.97 Å². The average Bonchev–Trinajstić information content (AvgIpc) is 2.56. The van der Waals surface area contributed by atoms with Gasteiger partial charge in [0.2, 0.25) is 0 Å². The van der Waals surface area contributed by atoms with E-state index in [9.17, 15) is 4.79 Å². The summed E-state index contributed by atoms with van der Waals surface area (Å²) in [5, 5.41) is 14.0. The Morgan fingerprint density at radius 2 is 2.17 bits per heavy atom. The zero-order valence-corrected chi connectivity index (χ0v) is 11.8. The Labute approximate surface area is 112 Å². The molecule has 5 nitrogen and oxygen atoms in total. The molecule has 0 aliphatic rings. The van der Waals surface area contributed by atoms with Crippen molar-refractivity contribution in [3.8, 4) is 0 Å². The maximum absolute atomic E-state index is 11.1. The molecule has 0 spiro atoms. The molecule has 0 fully saturated rings. The lowest BCUT2D eigenvalue weighted by atomic mass is 9.92. The van der Waals surface area contributed by atoms with Gasteiger partial charge in [-0.1, -0.05) is 18.5 Å². The number of aryl methyl sites for hydroxylation is 2. The molecule has 1 unspecified atom stereocenters. The third kappa shape index (κ3) is 3.03. The minimum atomic E-state index is -1.14. The first kappa shape index (κ1) is 15.0. The van der Waals surface area contributed by atoms with Crippen LogP contribution in [0.4, 0.5) is 0 Å². The molecular formula is C12H20ClN3O2. The van der Waals surface area contributed by atoms with Gasteiger partial charge in [-0.2, -0.15) is 5.10 Å². The van der Waals surface area contributed by atoms with Crippen molar-refractivity contribution < 1.29 is 9.90 Å². The van der Waals surface area contributed by atoms with Gasteiger partial charge in [-0.3, -0.25) is 9.48 Å². The topological polar surface area (TPSA) is 81.1 Å². The Bertz CT molecular complexity index is 445. The maximum Gasteiger partial charge on any atom is 0.323 e. The van der Waals surface area contributed by atoms with Crippen LogP contribution in [0.2, 0.25) is 5.02 Å². The summed E-state index contributed by atoms with van der Waals surface area (Å²) in [4.78, 5) is 11.1. The van der Waals surface area contributed by atoms with E-state index in [0.29, 0.717) is 30.8 Å². The van der Waals surface area contributed by atoms with Gasteiger partial charge in [-0.25, -0.2) is 0 Å². The van der Waals surface area contributed by atoms with E-state index in [0.717, 1.165) is 11.4 Å². The summed E-state index contributed by atoms with van der Waals surface area (Å²) in [5.74, 6) is -0.948. The summed E-state index contributed by atoms with van der Waals surface area (Å²) in [7, 11) is 0. The number of carboxylic acids is 1. The van der Waals surface area contributed by atoms with Gasteiger partial charge in [0.05, 0.1) is 16.4 Å². The number of aliphatic carboxylic acids is 1. The minimum absolute atomic E-state index is 0.417. The Morgan fingerprint density at radius 3 is 2.56 bits per heavy atom. The fourth-order valence-corrected chi connectivity index (χ4v) is 2.01. The van der Waals surface area contributed by atoms with E-state index in [-0.39, 0.29) is 0 Å². The lowest BCUT2D eigenvalue weighted by Gasteiger charge is -2.22. The number of aromatic nitrogens is 2. The van der Waals surface area contributed by atoms with Crippen LogP contribution in [0.25, 0.3) is 0 Å². The fourth-order valence-electron chi connectivity index (χ4n) is 1.87. The van der Waals surface area contributed by atoms with Crippen LogP contribution in [0.3, 0.4) is 0 Å². The van der Waals surface area contributed by atoms with Crippen molar-refractivity contribution in [3.63, 3.8) is 0 Å². The van der Waals surface area contributed by atoms with Gasteiger partial charge in [0.15, 0.2) is 0 Å². The molecule has 0 aromatic carbocycles. The summed E-state index contributed by atoms with van der Waals surface area (Å²) in [6.45, 7) is 6.16. The summed E-state index contributed by atoms with van der Waals surface area (Å²) in [6, 6.07) is 0. The summed E-state index contributed by atoms with van der Waals surface area (Å²) in [6.07, 6.45) is 1.50. The summed E-state index contributed by atoms with van der Waals surface area (Å²) >= 11 is 6.04. The Hall–Kier alpha value is -1.07. The van der Waals surface area contributed by atoms with Crippen LogP contribution >= 0.6 is 11.6 Å². The van der Waals surface area contributed by atoms with Crippen LogP contribution in [0.5, 0.6) is 0 Å². The number of nitrogens with zero attached hydrogens (tertiary/aromatic N) is 2. The molecule has 1 aromatic rings. The van der Waals surface area contributed by atoms with E-state index in [1.54, 1.807) is 11.6 Å². The van der Waals surface area contributed by atoms with Crippen LogP contribution < -0.4 is 5.73 Å². The highest BCUT2D eigenvalue weighted by molar-refractivity contribution is 6.31. The van der Waals surface area contributed by atoms with Gasteiger partial charge < -0.3 is 10.8 Å². The molecule has 1 rings (SSSR count). The predicted molar refractivity (Wildman–Crippen MR) is 70.8 cm³/mol. The Morgan fingerprint density at radius 1 is 1.56 bits per heavy atom. The average molecular weight is 274 g/mol. The summed E-state index contributed by atoms with van der Waals surface area (Å²) in [5.41, 5.74) is 6.38. The van der Waals surface area contributed by atoms with Gasteiger partial charge in [-0.15, -0.1) is 0 Å². The smallest absolute Gasteiger partial charge is 0.323 e. The molecular weight excluding hydrogens is 254 g/mol. The number of carboxylic acid groups (broad SMARTS) is 1. The molecule has 18 heavy (non-hydrogen) atoms. The monoisotopic (exact) mass is 273 g/mol. The molecule has 102 valence electrons. The van der Waals surface area contributed by atoms with Crippen molar-refractivity contribution in [3.05, 3.63) is 16.4 Å². The van der Waals surface area contributed by atoms with E-state index in [2.05, 4.69) is 5.10 Å². The molecule has 0 radical (unpaired) electrons. The van der Waals surface area contributed by atoms with E-state index < -0.39 is 11.5 Å². The lowest BCUT2D eigenvalue weighted by molar-refractivity contribution is -0.143. The standard InChI is InChI=1S/C12H20ClN3O2/c1-4-12(14,11(17)18)6-5-7-16-9(3)10(13)8(2)15-16/h4-7,14H2,1-3H3,(H,17,18). The van der Waals surface area contributed by atoms with Crippen molar-refractivity contribution in [2.45, 2.75) is 52.1 Å². The van der Waals surface area contributed by atoms with Gasteiger partial charge in [0, 0.05) is 6.54 Å². The second-order valence-corrected chi connectivity index (χ2v) is 5.00. The van der Waals surface area contributed by atoms with Gasteiger partial charge in [0.25, 0.3) is 0 Å². The number of nitrogens with two attached hydrogens (primary N) is 1. The number of halogens is 1. The summed E-state index contributed by atoms with van der Waals surface area (Å²) < 4.78 is 1.80. The molecule has 0 aliphatic heterocycles. The number of hydrogen-bond acceptors (Lipinski definition) is 3. The van der Waals surface area contributed by atoms with E-state index in [1.807, 2.05) is 13.8 Å². The third-order valence-corrected chi connectivity index (χ3v) is 3.89. The lowest BCUT2D eigenvalue weighted by Crippen LogP contribution is -2.47. The van der Waals surface area contributed by atoms with Crippen molar-refractivity contribution in [2.75, 3.05) is 0 Å². The largest absolute Gasteiger partial charge is 0.480 e. The van der Waals surface area contributed by atoms with Gasteiger partial charge in [-0.05, 0) is 33.1 Å². The second-order valence-electron chi connectivity index (χ2n) is 4.63. The Kier molecular flexibility index (Phi) is 4.76. The molecule has 1 aromatic heterocycles. The first-order valence-electron chi connectivity index (χ1n) is 6.03. The maximum atomic E-state index is 11.1. The van der Waals surface area contributed by atoms with E-state index in [4.69, 9.17) is 22.4 Å². The molecule has 1 atom stereocenters. The molecule has 0 amide bonds.